The second-order valence-corrected chi connectivity index (χ2v) is 8.39. The highest BCUT2D eigenvalue weighted by Crippen LogP contribution is 2.33. The van der Waals surface area contributed by atoms with Crippen LogP contribution in [0.15, 0.2) is 48.5 Å². The van der Waals surface area contributed by atoms with Crippen molar-refractivity contribution in [1.82, 2.24) is 15.2 Å². The molecule has 1 amide bonds. The lowest BCUT2D eigenvalue weighted by molar-refractivity contribution is -0.122. The van der Waals surface area contributed by atoms with Gasteiger partial charge in [0.1, 0.15) is 0 Å². The zero-order valence-electron chi connectivity index (χ0n) is 15.6. The lowest BCUT2D eigenvalue weighted by Gasteiger charge is -2.30. The van der Waals surface area contributed by atoms with Crippen molar-refractivity contribution < 1.29 is 4.79 Å². The number of thiazole rings is 1. The average molecular weight is 380 g/mol. The summed E-state index contributed by atoms with van der Waals surface area (Å²) in [6, 6.07) is 16.6. The largest absolute Gasteiger partial charge is 0.351 e. The molecule has 0 spiro atoms. The Kier molecular flexibility index (Phi) is 5.50. The van der Waals surface area contributed by atoms with Crippen molar-refractivity contribution in [2.45, 2.75) is 32.2 Å². The van der Waals surface area contributed by atoms with Gasteiger partial charge in [0.15, 0.2) is 0 Å². The SMILES string of the molecule is Cc1ccc(CNC(=O)CN2CCC(c3nc4ccccc4s3)CC2)cc1. The Labute approximate surface area is 164 Å². The minimum Gasteiger partial charge on any atom is -0.351 e. The number of aryl methyl sites for hydroxylation is 1. The van der Waals surface area contributed by atoms with Crippen molar-refractivity contribution in [3.8, 4) is 0 Å². The first-order chi connectivity index (χ1) is 13.2. The summed E-state index contributed by atoms with van der Waals surface area (Å²) in [6.45, 7) is 5.07. The minimum absolute atomic E-state index is 0.106. The molecular weight excluding hydrogens is 354 g/mol. The number of hydrogen-bond donors (Lipinski definition) is 1. The van der Waals surface area contributed by atoms with Gasteiger partial charge >= 0.3 is 0 Å². The van der Waals surface area contributed by atoms with E-state index in [2.05, 4.69) is 59.6 Å². The number of amides is 1. The Morgan fingerprint density at radius 1 is 1.15 bits per heavy atom. The van der Waals surface area contributed by atoms with Gasteiger partial charge in [0.05, 0.1) is 21.8 Å². The van der Waals surface area contributed by atoms with Gasteiger partial charge < -0.3 is 5.32 Å². The van der Waals surface area contributed by atoms with Gasteiger partial charge in [-0.1, -0.05) is 42.0 Å². The van der Waals surface area contributed by atoms with Crippen LogP contribution < -0.4 is 5.32 Å². The molecule has 0 bridgehead atoms. The predicted octanol–water partition coefficient (Wildman–Crippen LogP) is 4.10. The zero-order chi connectivity index (χ0) is 18.6. The standard InChI is InChI=1S/C22H25N3OS/c1-16-6-8-17(9-7-16)14-23-21(26)15-25-12-10-18(11-13-25)22-24-19-4-2-3-5-20(19)27-22/h2-9,18H,10-15H2,1H3,(H,23,26). The molecule has 1 saturated heterocycles. The Morgan fingerprint density at radius 2 is 1.89 bits per heavy atom. The summed E-state index contributed by atoms with van der Waals surface area (Å²) in [5.74, 6) is 0.628. The molecule has 4 nitrogen and oxygen atoms in total. The molecular formula is C22H25N3OS. The molecule has 140 valence electrons. The highest BCUT2D eigenvalue weighted by molar-refractivity contribution is 7.18. The first-order valence-electron chi connectivity index (χ1n) is 9.57. The smallest absolute Gasteiger partial charge is 0.234 e. The van der Waals surface area contributed by atoms with Gasteiger partial charge in [-0.15, -0.1) is 11.3 Å². The molecule has 2 heterocycles. The summed E-state index contributed by atoms with van der Waals surface area (Å²) in [5, 5.41) is 4.29. The maximum Gasteiger partial charge on any atom is 0.234 e. The van der Waals surface area contributed by atoms with Crippen LogP contribution in [0.1, 0.15) is 34.9 Å². The number of benzene rings is 2. The number of carbonyl (C=O) groups is 1. The lowest BCUT2D eigenvalue weighted by Crippen LogP contribution is -2.41. The predicted molar refractivity (Wildman–Crippen MR) is 111 cm³/mol. The van der Waals surface area contributed by atoms with Crippen LogP contribution in [0.2, 0.25) is 0 Å². The Hall–Kier alpha value is -2.24. The van der Waals surface area contributed by atoms with Gasteiger partial charge in [0.2, 0.25) is 5.91 Å². The van der Waals surface area contributed by atoms with Crippen LogP contribution in [0.5, 0.6) is 0 Å². The van der Waals surface area contributed by atoms with E-state index < -0.39 is 0 Å². The number of nitrogens with zero attached hydrogens (tertiary/aromatic N) is 2. The van der Waals surface area contributed by atoms with Crippen LogP contribution in [-0.2, 0) is 11.3 Å². The minimum atomic E-state index is 0.106. The number of likely N-dealkylation sites (tertiary alicyclic amines) is 1. The number of para-hydroxylation sites is 1. The second-order valence-electron chi connectivity index (χ2n) is 7.33. The van der Waals surface area contributed by atoms with Crippen molar-refractivity contribution >= 4 is 27.5 Å². The number of rotatable bonds is 5. The van der Waals surface area contributed by atoms with Crippen molar-refractivity contribution in [1.29, 1.82) is 0 Å². The van der Waals surface area contributed by atoms with E-state index in [1.165, 1.54) is 15.3 Å². The van der Waals surface area contributed by atoms with Crippen LogP contribution in [0.25, 0.3) is 10.2 Å². The van der Waals surface area contributed by atoms with Gasteiger partial charge in [-0.2, -0.15) is 0 Å². The lowest BCUT2D eigenvalue weighted by atomic mass is 9.97. The maximum absolute atomic E-state index is 12.3. The molecule has 0 saturated carbocycles. The second kappa shape index (κ2) is 8.19. The zero-order valence-corrected chi connectivity index (χ0v) is 16.5. The summed E-state index contributed by atoms with van der Waals surface area (Å²) in [4.78, 5) is 19.3. The van der Waals surface area contributed by atoms with Crippen LogP contribution in [0.3, 0.4) is 0 Å². The first-order valence-corrected chi connectivity index (χ1v) is 10.4. The van der Waals surface area contributed by atoms with Crippen LogP contribution in [0, 0.1) is 6.92 Å². The van der Waals surface area contributed by atoms with E-state index in [9.17, 15) is 4.79 Å². The molecule has 0 aliphatic carbocycles. The third-order valence-electron chi connectivity index (χ3n) is 5.22. The Balaban J connectivity index is 1.25. The summed E-state index contributed by atoms with van der Waals surface area (Å²) < 4.78 is 1.27. The molecule has 1 aliphatic heterocycles. The fraction of sp³-hybridized carbons (Fsp3) is 0.364. The van der Waals surface area contributed by atoms with Gasteiger partial charge in [0, 0.05) is 12.5 Å². The first kappa shape index (κ1) is 18.1. The molecule has 1 fully saturated rings. The van der Waals surface area contributed by atoms with E-state index in [0.717, 1.165) is 37.0 Å². The van der Waals surface area contributed by atoms with E-state index in [0.29, 0.717) is 19.0 Å². The molecule has 4 rings (SSSR count). The van der Waals surface area contributed by atoms with Crippen molar-refractivity contribution in [3.05, 3.63) is 64.7 Å². The van der Waals surface area contributed by atoms with E-state index in [-0.39, 0.29) is 5.91 Å². The molecule has 0 atom stereocenters. The monoisotopic (exact) mass is 379 g/mol. The van der Waals surface area contributed by atoms with Crippen LogP contribution >= 0.6 is 11.3 Å². The summed E-state index contributed by atoms with van der Waals surface area (Å²) in [5.41, 5.74) is 3.49. The number of fused-ring (bicyclic) bond motifs is 1. The van der Waals surface area contributed by atoms with E-state index in [1.807, 2.05) is 17.4 Å². The molecule has 27 heavy (non-hydrogen) atoms. The third kappa shape index (κ3) is 4.54. The Morgan fingerprint density at radius 3 is 2.63 bits per heavy atom. The highest BCUT2D eigenvalue weighted by atomic mass is 32.1. The molecule has 1 aromatic heterocycles. The summed E-state index contributed by atoms with van der Waals surface area (Å²) in [7, 11) is 0. The van der Waals surface area contributed by atoms with E-state index in [4.69, 9.17) is 4.98 Å². The van der Waals surface area contributed by atoms with Crippen LogP contribution in [0.4, 0.5) is 0 Å². The van der Waals surface area contributed by atoms with E-state index >= 15 is 0 Å². The number of carbonyl (C=O) groups excluding carboxylic acids is 1. The maximum atomic E-state index is 12.3. The normalized spacial score (nSPS) is 15.9. The fourth-order valence-electron chi connectivity index (χ4n) is 3.57. The number of hydrogen-bond acceptors (Lipinski definition) is 4. The third-order valence-corrected chi connectivity index (χ3v) is 6.42. The number of nitrogens with one attached hydrogen (secondary N) is 1. The van der Waals surface area contributed by atoms with Crippen molar-refractivity contribution in [2.75, 3.05) is 19.6 Å². The molecule has 0 unspecified atom stereocenters. The highest BCUT2D eigenvalue weighted by Gasteiger charge is 2.24. The van der Waals surface area contributed by atoms with Gasteiger partial charge in [-0.3, -0.25) is 9.69 Å². The van der Waals surface area contributed by atoms with Gasteiger partial charge in [-0.25, -0.2) is 4.98 Å². The van der Waals surface area contributed by atoms with Crippen molar-refractivity contribution in [2.24, 2.45) is 0 Å². The summed E-state index contributed by atoms with van der Waals surface area (Å²) in [6.07, 6.45) is 2.15. The molecule has 3 aromatic rings. The van der Waals surface area contributed by atoms with Gasteiger partial charge in [0.25, 0.3) is 0 Å². The van der Waals surface area contributed by atoms with Crippen LogP contribution in [-0.4, -0.2) is 35.4 Å². The van der Waals surface area contributed by atoms with Crippen molar-refractivity contribution in [3.63, 3.8) is 0 Å². The topological polar surface area (TPSA) is 45.2 Å². The van der Waals surface area contributed by atoms with Gasteiger partial charge in [-0.05, 0) is 50.6 Å². The quantitative estimate of drug-likeness (QED) is 0.726. The average Bonchev–Trinajstić information content (AvgIpc) is 3.12. The fourth-order valence-corrected chi connectivity index (χ4v) is 4.70. The number of piperidine rings is 1. The molecule has 2 aromatic carbocycles. The molecule has 1 N–H and O–H groups in total. The molecule has 1 aliphatic rings. The Bertz CT molecular complexity index is 878. The summed E-state index contributed by atoms with van der Waals surface area (Å²) >= 11 is 1.82. The van der Waals surface area contributed by atoms with E-state index in [1.54, 1.807) is 0 Å². The molecule has 5 heteroatoms. The number of aromatic nitrogens is 1. The molecule has 0 radical (unpaired) electrons.